The van der Waals surface area contributed by atoms with Crippen molar-refractivity contribution in [3.8, 4) is 6.07 Å². The third kappa shape index (κ3) is 4.55. The van der Waals surface area contributed by atoms with Crippen molar-refractivity contribution in [2.75, 3.05) is 0 Å². The van der Waals surface area contributed by atoms with E-state index in [1.165, 1.54) is 18.2 Å². The molecule has 0 saturated heterocycles. The van der Waals surface area contributed by atoms with E-state index in [2.05, 4.69) is 4.72 Å². The summed E-state index contributed by atoms with van der Waals surface area (Å²) in [6.07, 6.45) is -0.286. The van der Waals surface area contributed by atoms with Crippen LogP contribution in [0.5, 0.6) is 0 Å². The lowest BCUT2D eigenvalue weighted by molar-refractivity contribution is -0.137. The summed E-state index contributed by atoms with van der Waals surface area (Å²) in [6, 6.07) is 5.45. The van der Waals surface area contributed by atoms with Gasteiger partial charge in [-0.25, -0.2) is 13.1 Å². The normalized spacial score (nSPS) is 12.9. The highest BCUT2D eigenvalue weighted by molar-refractivity contribution is 7.89. The fourth-order valence-corrected chi connectivity index (χ4v) is 3.27. The Bertz CT molecular complexity index is 675. The van der Waals surface area contributed by atoms with Crippen LogP contribution in [-0.4, -0.2) is 25.5 Å². The van der Waals surface area contributed by atoms with Gasteiger partial charge in [0.05, 0.1) is 22.9 Å². The predicted molar refractivity (Wildman–Crippen MR) is 77.1 cm³/mol. The molecule has 0 heterocycles. The minimum absolute atomic E-state index is 0.0232. The lowest BCUT2D eigenvalue weighted by atomic mass is 10.0. The summed E-state index contributed by atoms with van der Waals surface area (Å²) < 4.78 is 27.0. The average molecular weight is 310 g/mol. The molecule has 6 nitrogen and oxygen atoms in total. The van der Waals surface area contributed by atoms with Crippen molar-refractivity contribution in [2.24, 2.45) is 5.92 Å². The molecule has 7 heteroatoms. The highest BCUT2D eigenvalue weighted by Gasteiger charge is 2.24. The van der Waals surface area contributed by atoms with Crippen molar-refractivity contribution in [1.82, 2.24) is 4.72 Å². The molecule has 21 heavy (non-hydrogen) atoms. The summed E-state index contributed by atoms with van der Waals surface area (Å²) in [6.45, 7) is 5.15. The monoisotopic (exact) mass is 310 g/mol. The highest BCUT2D eigenvalue weighted by atomic mass is 32.2. The first-order chi connectivity index (χ1) is 9.67. The molecule has 0 spiro atoms. The number of nitrogens with one attached hydrogen (secondary N) is 1. The summed E-state index contributed by atoms with van der Waals surface area (Å²) in [4.78, 5) is 10.8. The first-order valence-electron chi connectivity index (χ1n) is 6.42. The third-order valence-corrected chi connectivity index (χ3v) is 4.62. The Morgan fingerprint density at radius 1 is 1.43 bits per heavy atom. The number of nitriles is 1. The number of carboxylic acids is 1. The fraction of sp³-hybridized carbons (Fsp3) is 0.429. The van der Waals surface area contributed by atoms with Crippen LogP contribution >= 0.6 is 0 Å². The summed E-state index contributed by atoms with van der Waals surface area (Å²) in [5.74, 6) is -1.22. The van der Waals surface area contributed by atoms with Gasteiger partial charge in [-0.05, 0) is 36.6 Å². The number of nitrogens with zero attached hydrogens (tertiary/aromatic N) is 1. The minimum Gasteiger partial charge on any atom is -0.481 e. The highest BCUT2D eigenvalue weighted by Crippen LogP contribution is 2.17. The Hall–Kier alpha value is -1.91. The molecule has 0 bridgehead atoms. The van der Waals surface area contributed by atoms with E-state index in [-0.39, 0.29) is 17.2 Å². The van der Waals surface area contributed by atoms with Gasteiger partial charge >= 0.3 is 5.97 Å². The van der Waals surface area contributed by atoms with Gasteiger partial charge in [-0.2, -0.15) is 5.26 Å². The van der Waals surface area contributed by atoms with Gasteiger partial charge in [-0.15, -0.1) is 0 Å². The van der Waals surface area contributed by atoms with E-state index in [0.29, 0.717) is 11.1 Å². The molecule has 0 saturated carbocycles. The molecule has 1 atom stereocenters. The van der Waals surface area contributed by atoms with Gasteiger partial charge in [0, 0.05) is 6.04 Å². The van der Waals surface area contributed by atoms with E-state index >= 15 is 0 Å². The van der Waals surface area contributed by atoms with Gasteiger partial charge in [0.15, 0.2) is 0 Å². The maximum Gasteiger partial charge on any atom is 0.304 e. The van der Waals surface area contributed by atoms with E-state index in [1.54, 1.807) is 20.8 Å². The van der Waals surface area contributed by atoms with Crippen LogP contribution in [0.1, 0.15) is 31.4 Å². The van der Waals surface area contributed by atoms with Crippen LogP contribution in [0, 0.1) is 24.2 Å². The number of aryl methyl sites for hydroxylation is 1. The largest absolute Gasteiger partial charge is 0.481 e. The second-order valence-corrected chi connectivity index (χ2v) is 6.87. The van der Waals surface area contributed by atoms with E-state index in [4.69, 9.17) is 10.4 Å². The first-order valence-corrected chi connectivity index (χ1v) is 7.90. The number of hydrogen-bond donors (Lipinski definition) is 2. The lowest BCUT2D eigenvalue weighted by Crippen LogP contribution is -2.40. The molecule has 0 fully saturated rings. The summed E-state index contributed by atoms with van der Waals surface area (Å²) >= 11 is 0. The Morgan fingerprint density at radius 2 is 2.05 bits per heavy atom. The van der Waals surface area contributed by atoms with Crippen LogP contribution in [0.3, 0.4) is 0 Å². The Morgan fingerprint density at radius 3 is 2.48 bits per heavy atom. The van der Waals surface area contributed by atoms with Crippen LogP contribution < -0.4 is 4.72 Å². The molecular weight excluding hydrogens is 292 g/mol. The molecule has 1 aromatic carbocycles. The van der Waals surface area contributed by atoms with Crippen molar-refractivity contribution in [3.05, 3.63) is 29.3 Å². The van der Waals surface area contributed by atoms with E-state index in [0.717, 1.165) is 0 Å². The molecular formula is C14H18N2O4S. The van der Waals surface area contributed by atoms with E-state index in [1.807, 2.05) is 6.07 Å². The Kier molecular flexibility index (Phi) is 5.47. The van der Waals surface area contributed by atoms with Crippen molar-refractivity contribution >= 4 is 16.0 Å². The number of carboxylic acid groups (broad SMARTS) is 1. The summed E-state index contributed by atoms with van der Waals surface area (Å²) in [7, 11) is -3.82. The van der Waals surface area contributed by atoms with Crippen molar-refractivity contribution in [2.45, 2.75) is 38.1 Å². The number of hydrogen-bond acceptors (Lipinski definition) is 4. The number of aliphatic carboxylic acids is 1. The number of carbonyl (C=O) groups is 1. The van der Waals surface area contributed by atoms with Gasteiger partial charge in [0.2, 0.25) is 10.0 Å². The Balaban J connectivity index is 3.08. The minimum atomic E-state index is -3.82. The molecule has 0 amide bonds. The molecule has 0 aliphatic heterocycles. The number of rotatable bonds is 6. The maximum absolute atomic E-state index is 12.3. The SMILES string of the molecule is Cc1cc(S(=O)(=O)NC(CC(=O)O)C(C)C)ccc1C#N. The van der Waals surface area contributed by atoms with Gasteiger partial charge < -0.3 is 5.11 Å². The number of sulfonamides is 1. The zero-order valence-corrected chi connectivity index (χ0v) is 12.9. The second-order valence-electron chi connectivity index (χ2n) is 5.16. The van der Waals surface area contributed by atoms with Crippen LogP contribution in [0.2, 0.25) is 0 Å². The van der Waals surface area contributed by atoms with E-state index in [9.17, 15) is 13.2 Å². The molecule has 1 aromatic rings. The molecule has 0 radical (unpaired) electrons. The van der Waals surface area contributed by atoms with Crippen LogP contribution in [0.25, 0.3) is 0 Å². The zero-order valence-electron chi connectivity index (χ0n) is 12.1. The van der Waals surface area contributed by atoms with E-state index < -0.39 is 22.0 Å². The number of benzene rings is 1. The van der Waals surface area contributed by atoms with Crippen LogP contribution in [0.15, 0.2) is 23.1 Å². The summed E-state index contributed by atoms with van der Waals surface area (Å²) in [5, 5.41) is 17.7. The molecule has 2 N–H and O–H groups in total. The standard InChI is InChI=1S/C14H18N2O4S/c1-9(2)13(7-14(17)18)16-21(19,20)12-5-4-11(8-15)10(3)6-12/h4-6,9,13,16H,7H2,1-3H3,(H,17,18). The molecule has 1 rings (SSSR count). The average Bonchev–Trinajstić information content (AvgIpc) is 2.36. The Labute approximate surface area is 124 Å². The van der Waals surface area contributed by atoms with Gasteiger partial charge in [0.1, 0.15) is 0 Å². The second kappa shape index (κ2) is 6.70. The fourth-order valence-electron chi connectivity index (χ4n) is 1.80. The smallest absolute Gasteiger partial charge is 0.304 e. The van der Waals surface area contributed by atoms with Crippen LogP contribution in [-0.2, 0) is 14.8 Å². The van der Waals surface area contributed by atoms with Crippen molar-refractivity contribution in [3.63, 3.8) is 0 Å². The molecule has 0 aliphatic carbocycles. The van der Waals surface area contributed by atoms with Gasteiger partial charge in [-0.3, -0.25) is 4.79 Å². The van der Waals surface area contributed by atoms with Crippen molar-refractivity contribution in [1.29, 1.82) is 5.26 Å². The molecule has 114 valence electrons. The molecule has 0 aromatic heterocycles. The first kappa shape index (κ1) is 17.1. The van der Waals surface area contributed by atoms with Gasteiger partial charge in [-0.1, -0.05) is 13.8 Å². The molecule has 0 aliphatic rings. The quantitative estimate of drug-likeness (QED) is 0.830. The van der Waals surface area contributed by atoms with Gasteiger partial charge in [0.25, 0.3) is 0 Å². The predicted octanol–water partition coefficient (Wildman–Crippen LogP) is 1.64. The summed E-state index contributed by atoms with van der Waals surface area (Å²) in [5.41, 5.74) is 0.958. The zero-order chi connectivity index (χ0) is 16.2. The molecule has 1 unspecified atom stereocenters. The maximum atomic E-state index is 12.3. The van der Waals surface area contributed by atoms with Crippen LogP contribution in [0.4, 0.5) is 0 Å². The van der Waals surface area contributed by atoms with Crippen molar-refractivity contribution < 1.29 is 18.3 Å². The topological polar surface area (TPSA) is 107 Å². The third-order valence-electron chi connectivity index (χ3n) is 3.13. The lowest BCUT2D eigenvalue weighted by Gasteiger charge is -2.20.